The summed E-state index contributed by atoms with van der Waals surface area (Å²) in [7, 11) is 0. The molecule has 2 aromatic heterocycles. The standard InChI is InChI=1S/C11H13N3O4/c1-3-17-8-5-9(15)14-10(13-8)7(6-12-14)11(16)18-4-2/h5-6,12H,3-4H2,1-2H3. The summed E-state index contributed by atoms with van der Waals surface area (Å²) in [4.78, 5) is 27.5. The van der Waals surface area contributed by atoms with Gasteiger partial charge in [-0.3, -0.25) is 9.89 Å². The Bertz CT molecular complexity index is 629. The molecule has 0 fully saturated rings. The minimum atomic E-state index is -0.531. The van der Waals surface area contributed by atoms with Crippen LogP contribution in [0.15, 0.2) is 17.1 Å². The van der Waals surface area contributed by atoms with E-state index in [2.05, 4.69) is 10.1 Å². The van der Waals surface area contributed by atoms with Gasteiger partial charge in [0.1, 0.15) is 5.56 Å². The summed E-state index contributed by atoms with van der Waals surface area (Å²) in [6, 6.07) is 1.25. The van der Waals surface area contributed by atoms with E-state index in [1.54, 1.807) is 13.8 Å². The maximum absolute atomic E-state index is 11.7. The van der Waals surface area contributed by atoms with Gasteiger partial charge >= 0.3 is 5.97 Å². The highest BCUT2D eigenvalue weighted by molar-refractivity contribution is 5.95. The maximum Gasteiger partial charge on any atom is 0.343 e. The monoisotopic (exact) mass is 251 g/mol. The molecule has 0 bridgehead atoms. The molecule has 2 heterocycles. The van der Waals surface area contributed by atoms with Crippen LogP contribution in [0.2, 0.25) is 0 Å². The Morgan fingerprint density at radius 3 is 2.89 bits per heavy atom. The first kappa shape index (κ1) is 12.2. The van der Waals surface area contributed by atoms with Crippen LogP contribution in [-0.2, 0) is 4.74 Å². The summed E-state index contributed by atoms with van der Waals surface area (Å²) in [6.07, 6.45) is 1.39. The Kier molecular flexibility index (Phi) is 3.31. The van der Waals surface area contributed by atoms with Crippen molar-refractivity contribution in [2.45, 2.75) is 13.8 Å². The molecule has 1 N–H and O–H groups in total. The van der Waals surface area contributed by atoms with Crippen LogP contribution in [-0.4, -0.2) is 33.8 Å². The number of rotatable bonds is 4. The third-order valence-electron chi connectivity index (χ3n) is 2.26. The number of ether oxygens (including phenoxy) is 2. The fourth-order valence-electron chi connectivity index (χ4n) is 1.54. The Hall–Kier alpha value is -2.31. The molecule has 2 aromatic rings. The number of aromatic nitrogens is 3. The van der Waals surface area contributed by atoms with Crippen molar-refractivity contribution in [3.8, 4) is 5.88 Å². The first-order valence-corrected chi connectivity index (χ1v) is 5.58. The molecule has 0 saturated heterocycles. The van der Waals surface area contributed by atoms with Crippen molar-refractivity contribution < 1.29 is 14.3 Å². The summed E-state index contributed by atoms with van der Waals surface area (Å²) < 4.78 is 11.2. The van der Waals surface area contributed by atoms with Crippen LogP contribution >= 0.6 is 0 Å². The largest absolute Gasteiger partial charge is 0.478 e. The molecule has 18 heavy (non-hydrogen) atoms. The van der Waals surface area contributed by atoms with Crippen LogP contribution < -0.4 is 10.3 Å². The molecule has 0 atom stereocenters. The average Bonchev–Trinajstić information content (AvgIpc) is 2.74. The summed E-state index contributed by atoms with van der Waals surface area (Å²) >= 11 is 0. The molecule has 0 aliphatic carbocycles. The van der Waals surface area contributed by atoms with Crippen molar-refractivity contribution in [3.05, 3.63) is 28.2 Å². The van der Waals surface area contributed by atoms with Crippen molar-refractivity contribution in [2.75, 3.05) is 13.2 Å². The Morgan fingerprint density at radius 2 is 2.22 bits per heavy atom. The lowest BCUT2D eigenvalue weighted by Gasteiger charge is -2.02. The number of carbonyl (C=O) groups excluding carboxylic acids is 1. The van der Waals surface area contributed by atoms with Crippen LogP contribution in [0.5, 0.6) is 5.88 Å². The van der Waals surface area contributed by atoms with Crippen LogP contribution in [0.25, 0.3) is 5.65 Å². The third-order valence-corrected chi connectivity index (χ3v) is 2.26. The van der Waals surface area contributed by atoms with Gasteiger partial charge in [0.25, 0.3) is 5.56 Å². The molecule has 0 radical (unpaired) electrons. The summed E-state index contributed by atoms with van der Waals surface area (Å²) in [5.74, 6) is -0.343. The molecule has 0 aliphatic rings. The van der Waals surface area contributed by atoms with Crippen LogP contribution in [0.3, 0.4) is 0 Å². The predicted octanol–water partition coefficient (Wildman–Crippen LogP) is 0.598. The van der Waals surface area contributed by atoms with Gasteiger partial charge in [0.15, 0.2) is 5.65 Å². The number of carbonyl (C=O) groups is 1. The zero-order chi connectivity index (χ0) is 13.1. The van der Waals surface area contributed by atoms with Crippen LogP contribution in [0, 0.1) is 0 Å². The van der Waals surface area contributed by atoms with Gasteiger partial charge in [-0.25, -0.2) is 9.31 Å². The Labute approximate surface area is 102 Å². The van der Waals surface area contributed by atoms with Gasteiger partial charge in [0.2, 0.25) is 5.88 Å². The number of nitrogens with one attached hydrogen (secondary N) is 1. The number of H-pyrrole nitrogens is 1. The van der Waals surface area contributed by atoms with E-state index in [9.17, 15) is 9.59 Å². The van der Waals surface area contributed by atoms with E-state index in [0.717, 1.165) is 4.52 Å². The second-order valence-electron chi connectivity index (χ2n) is 3.43. The summed E-state index contributed by atoms with van der Waals surface area (Å²) in [5.41, 5.74) is 0.0545. The topological polar surface area (TPSA) is 85.7 Å². The highest BCUT2D eigenvalue weighted by atomic mass is 16.5. The van der Waals surface area contributed by atoms with Crippen molar-refractivity contribution in [1.82, 2.24) is 14.6 Å². The lowest BCUT2D eigenvalue weighted by Crippen LogP contribution is -2.15. The SMILES string of the molecule is CCOC(=O)c1c[nH]n2c(=O)cc(OCC)nc12. The molecule has 0 aliphatic heterocycles. The lowest BCUT2D eigenvalue weighted by atomic mass is 10.3. The van der Waals surface area contributed by atoms with Crippen molar-refractivity contribution in [3.63, 3.8) is 0 Å². The van der Waals surface area contributed by atoms with E-state index in [1.807, 2.05) is 0 Å². The van der Waals surface area contributed by atoms with E-state index in [4.69, 9.17) is 9.47 Å². The van der Waals surface area contributed by atoms with Gasteiger partial charge in [-0.05, 0) is 13.8 Å². The number of nitrogens with zero attached hydrogens (tertiary/aromatic N) is 2. The van der Waals surface area contributed by atoms with Gasteiger partial charge in [-0.2, -0.15) is 4.98 Å². The normalized spacial score (nSPS) is 10.6. The quantitative estimate of drug-likeness (QED) is 0.804. The number of fused-ring (bicyclic) bond motifs is 1. The molecule has 0 saturated carbocycles. The fourth-order valence-corrected chi connectivity index (χ4v) is 1.54. The van der Waals surface area contributed by atoms with Gasteiger partial charge < -0.3 is 9.47 Å². The summed E-state index contributed by atoms with van der Waals surface area (Å²) in [5, 5.41) is 2.65. The minimum absolute atomic E-state index is 0.188. The Balaban J connectivity index is 2.56. The highest BCUT2D eigenvalue weighted by Gasteiger charge is 2.16. The third kappa shape index (κ3) is 2.06. The molecule has 0 aromatic carbocycles. The smallest absolute Gasteiger partial charge is 0.343 e. The molecule has 0 unspecified atom stereocenters. The van der Waals surface area contributed by atoms with Crippen molar-refractivity contribution >= 4 is 11.6 Å². The second-order valence-corrected chi connectivity index (χ2v) is 3.43. The highest BCUT2D eigenvalue weighted by Crippen LogP contribution is 2.11. The second kappa shape index (κ2) is 4.91. The molecular formula is C11H13N3O4. The van der Waals surface area contributed by atoms with Gasteiger partial charge in [-0.15, -0.1) is 0 Å². The summed E-state index contributed by atoms with van der Waals surface area (Å²) in [6.45, 7) is 4.14. The molecular weight excluding hydrogens is 238 g/mol. The van der Waals surface area contributed by atoms with E-state index >= 15 is 0 Å². The average molecular weight is 251 g/mol. The predicted molar refractivity (Wildman–Crippen MR) is 62.9 cm³/mol. The van der Waals surface area contributed by atoms with E-state index in [0.29, 0.717) is 6.61 Å². The number of hydrogen-bond donors (Lipinski definition) is 1. The van der Waals surface area contributed by atoms with Gasteiger partial charge in [0, 0.05) is 6.20 Å². The van der Waals surface area contributed by atoms with Crippen molar-refractivity contribution in [1.29, 1.82) is 0 Å². The first-order valence-electron chi connectivity index (χ1n) is 5.58. The van der Waals surface area contributed by atoms with E-state index in [1.165, 1.54) is 12.3 Å². The number of aromatic amines is 1. The molecule has 7 heteroatoms. The van der Waals surface area contributed by atoms with E-state index in [-0.39, 0.29) is 29.3 Å². The van der Waals surface area contributed by atoms with Gasteiger partial charge in [-0.1, -0.05) is 0 Å². The van der Waals surface area contributed by atoms with Gasteiger partial charge in [0.05, 0.1) is 19.3 Å². The Morgan fingerprint density at radius 1 is 1.44 bits per heavy atom. The molecule has 96 valence electrons. The maximum atomic E-state index is 11.7. The molecule has 0 spiro atoms. The lowest BCUT2D eigenvalue weighted by molar-refractivity contribution is 0.0528. The van der Waals surface area contributed by atoms with Crippen molar-refractivity contribution in [2.24, 2.45) is 0 Å². The molecule has 2 rings (SSSR count). The van der Waals surface area contributed by atoms with E-state index < -0.39 is 5.97 Å². The zero-order valence-corrected chi connectivity index (χ0v) is 10.1. The molecule has 0 amide bonds. The molecule has 7 nitrogen and oxygen atoms in total. The zero-order valence-electron chi connectivity index (χ0n) is 10.1. The number of esters is 1. The minimum Gasteiger partial charge on any atom is -0.478 e. The van der Waals surface area contributed by atoms with Crippen LogP contribution in [0.4, 0.5) is 0 Å². The fraction of sp³-hybridized carbons (Fsp3) is 0.364. The number of hydrogen-bond acceptors (Lipinski definition) is 5. The van der Waals surface area contributed by atoms with Crippen LogP contribution in [0.1, 0.15) is 24.2 Å². The first-order chi connectivity index (χ1) is 8.67.